The van der Waals surface area contributed by atoms with E-state index in [0.29, 0.717) is 10.9 Å². The van der Waals surface area contributed by atoms with E-state index in [1.54, 1.807) is 31.3 Å². The zero-order chi connectivity index (χ0) is 14.6. The number of Topliss-reactive ketones (excluding diaryl/α,β-unsaturated/α-hetero) is 1. The summed E-state index contributed by atoms with van der Waals surface area (Å²) in [6.45, 7) is 5.52. The van der Waals surface area contributed by atoms with Gasteiger partial charge in [0.2, 0.25) is 0 Å². The van der Waals surface area contributed by atoms with Crippen LogP contribution in [0.5, 0.6) is 5.75 Å². The van der Waals surface area contributed by atoms with Crippen LogP contribution in [0.3, 0.4) is 0 Å². The molecule has 0 radical (unpaired) electrons. The zero-order valence-corrected chi connectivity index (χ0v) is 11.7. The number of hydrogen-bond acceptors (Lipinski definition) is 3. The zero-order valence-electron chi connectivity index (χ0n) is 11.7. The van der Waals surface area contributed by atoms with Crippen LogP contribution in [0.15, 0.2) is 29.1 Å². The van der Waals surface area contributed by atoms with E-state index in [1.165, 1.54) is 17.9 Å². The third-order valence-electron chi connectivity index (χ3n) is 2.63. The van der Waals surface area contributed by atoms with Crippen molar-refractivity contribution in [1.82, 2.24) is 4.57 Å². The summed E-state index contributed by atoms with van der Waals surface area (Å²) in [5.41, 5.74) is -0.0140. The molecule has 1 aromatic heterocycles. The van der Waals surface area contributed by atoms with Crippen molar-refractivity contribution in [2.24, 2.45) is 7.05 Å². The number of aryl methyl sites for hydroxylation is 1. The fraction of sp³-hybridized carbons (Fsp3) is 0.333. The number of pyridine rings is 1. The van der Waals surface area contributed by atoms with Gasteiger partial charge < -0.3 is 9.67 Å². The van der Waals surface area contributed by atoms with Gasteiger partial charge in [0.25, 0.3) is 5.56 Å². The highest BCUT2D eigenvalue weighted by Crippen LogP contribution is 2.25. The molecule has 0 spiro atoms. The van der Waals surface area contributed by atoms with Crippen molar-refractivity contribution in [3.05, 3.63) is 40.2 Å². The lowest BCUT2D eigenvalue weighted by atomic mass is 10.1. The highest BCUT2D eigenvalue weighted by molar-refractivity contribution is 6.02. The Morgan fingerprint density at radius 1 is 1.26 bits per heavy atom. The SMILES string of the molecule is CC(=O)c1c(O)c2ccccc2n(C)c1=O.CCC. The summed E-state index contributed by atoms with van der Waals surface area (Å²) in [6.07, 6.45) is 1.25. The molecule has 2 aromatic rings. The second-order valence-corrected chi connectivity index (χ2v) is 4.37. The topological polar surface area (TPSA) is 59.3 Å². The van der Waals surface area contributed by atoms with Crippen LogP contribution < -0.4 is 5.56 Å². The molecular weight excluding hydrogens is 242 g/mol. The van der Waals surface area contributed by atoms with Crippen molar-refractivity contribution in [3.63, 3.8) is 0 Å². The van der Waals surface area contributed by atoms with Gasteiger partial charge in [-0.1, -0.05) is 32.4 Å². The monoisotopic (exact) mass is 261 g/mol. The number of ketones is 1. The smallest absolute Gasteiger partial charge is 0.265 e. The van der Waals surface area contributed by atoms with Crippen molar-refractivity contribution in [2.45, 2.75) is 27.2 Å². The van der Waals surface area contributed by atoms with Gasteiger partial charge in [-0.15, -0.1) is 0 Å². The van der Waals surface area contributed by atoms with Crippen LogP contribution in [0.2, 0.25) is 0 Å². The third-order valence-corrected chi connectivity index (χ3v) is 2.63. The summed E-state index contributed by atoms with van der Waals surface area (Å²) in [5.74, 6) is -0.657. The molecule has 0 bridgehead atoms. The Morgan fingerprint density at radius 3 is 2.32 bits per heavy atom. The summed E-state index contributed by atoms with van der Waals surface area (Å²) in [6, 6.07) is 6.92. The first kappa shape index (κ1) is 15.0. The maximum atomic E-state index is 11.8. The molecule has 4 nitrogen and oxygen atoms in total. The number of nitrogens with zero attached hydrogens (tertiary/aromatic N) is 1. The Balaban J connectivity index is 0.000000550. The molecular formula is C15H19NO3. The van der Waals surface area contributed by atoms with E-state index in [9.17, 15) is 14.7 Å². The standard InChI is InChI=1S/C12H11NO3.C3H8/c1-7(14)10-11(15)8-5-3-4-6-9(8)13(2)12(10)16;1-3-2/h3-6,15H,1-2H3;3H2,1-2H3. The van der Waals surface area contributed by atoms with Gasteiger partial charge in [-0.2, -0.15) is 0 Å². The Bertz CT molecular complexity index is 656. The van der Waals surface area contributed by atoms with Crippen LogP contribution in [0, 0.1) is 0 Å². The summed E-state index contributed by atoms with van der Waals surface area (Å²) in [5, 5.41) is 10.4. The van der Waals surface area contributed by atoms with Gasteiger partial charge in [0.15, 0.2) is 5.78 Å². The third kappa shape index (κ3) is 2.84. The predicted octanol–water partition coefficient (Wildman–Crippen LogP) is 2.86. The van der Waals surface area contributed by atoms with Gasteiger partial charge in [-0.25, -0.2) is 0 Å². The number of aromatic nitrogens is 1. The number of carbonyl (C=O) groups is 1. The van der Waals surface area contributed by atoms with Crippen LogP contribution in [0.1, 0.15) is 37.6 Å². The summed E-state index contributed by atoms with van der Waals surface area (Å²) in [7, 11) is 1.58. The summed E-state index contributed by atoms with van der Waals surface area (Å²) in [4.78, 5) is 23.1. The van der Waals surface area contributed by atoms with Gasteiger partial charge >= 0.3 is 0 Å². The number of rotatable bonds is 1. The first-order valence-electron chi connectivity index (χ1n) is 6.27. The minimum atomic E-state index is -0.469. The highest BCUT2D eigenvalue weighted by Gasteiger charge is 2.17. The predicted molar refractivity (Wildman–Crippen MR) is 76.8 cm³/mol. The van der Waals surface area contributed by atoms with Crippen LogP contribution in [0.4, 0.5) is 0 Å². The number of aromatic hydroxyl groups is 1. The number of carbonyl (C=O) groups excluding carboxylic acids is 1. The lowest BCUT2D eigenvalue weighted by Gasteiger charge is -2.09. The second-order valence-electron chi connectivity index (χ2n) is 4.37. The molecule has 2 rings (SSSR count). The Kier molecular flexibility index (Phi) is 4.87. The van der Waals surface area contributed by atoms with Crippen molar-refractivity contribution in [2.75, 3.05) is 0 Å². The van der Waals surface area contributed by atoms with Crippen molar-refractivity contribution in [3.8, 4) is 5.75 Å². The maximum Gasteiger partial charge on any atom is 0.265 e. The average molecular weight is 261 g/mol. The van der Waals surface area contributed by atoms with Crippen LogP contribution >= 0.6 is 0 Å². The Morgan fingerprint density at radius 2 is 1.79 bits per heavy atom. The molecule has 0 saturated carbocycles. The van der Waals surface area contributed by atoms with Crippen molar-refractivity contribution < 1.29 is 9.90 Å². The number of para-hydroxylation sites is 1. The normalized spacial score (nSPS) is 9.89. The van der Waals surface area contributed by atoms with E-state index in [0.717, 1.165) is 0 Å². The van der Waals surface area contributed by atoms with E-state index in [2.05, 4.69) is 13.8 Å². The van der Waals surface area contributed by atoms with E-state index >= 15 is 0 Å². The van der Waals surface area contributed by atoms with Gasteiger partial charge in [0.05, 0.1) is 5.52 Å². The van der Waals surface area contributed by atoms with Gasteiger partial charge in [0, 0.05) is 12.4 Å². The largest absolute Gasteiger partial charge is 0.506 e. The van der Waals surface area contributed by atoms with Gasteiger partial charge in [-0.05, 0) is 19.1 Å². The molecule has 4 heteroatoms. The maximum absolute atomic E-state index is 11.8. The molecule has 0 aliphatic rings. The van der Waals surface area contributed by atoms with E-state index in [-0.39, 0.29) is 11.3 Å². The molecule has 0 fully saturated rings. The Labute approximate surface area is 112 Å². The molecule has 0 aliphatic heterocycles. The van der Waals surface area contributed by atoms with Gasteiger partial charge in [-0.3, -0.25) is 9.59 Å². The van der Waals surface area contributed by atoms with E-state index in [1.807, 2.05) is 0 Å². The minimum Gasteiger partial charge on any atom is -0.506 e. The van der Waals surface area contributed by atoms with Crippen LogP contribution in [-0.4, -0.2) is 15.5 Å². The molecule has 0 saturated heterocycles. The fourth-order valence-corrected chi connectivity index (χ4v) is 1.80. The summed E-state index contributed by atoms with van der Waals surface area (Å²) < 4.78 is 1.37. The molecule has 0 aliphatic carbocycles. The molecule has 1 N–H and O–H groups in total. The highest BCUT2D eigenvalue weighted by atomic mass is 16.3. The molecule has 19 heavy (non-hydrogen) atoms. The molecule has 102 valence electrons. The number of hydrogen-bond donors (Lipinski definition) is 1. The Hall–Kier alpha value is -2.10. The molecule has 0 atom stereocenters. The lowest BCUT2D eigenvalue weighted by Crippen LogP contribution is -2.23. The minimum absolute atomic E-state index is 0.152. The number of benzene rings is 1. The average Bonchev–Trinajstić information content (AvgIpc) is 2.37. The lowest BCUT2D eigenvalue weighted by molar-refractivity contribution is 0.101. The van der Waals surface area contributed by atoms with Crippen molar-refractivity contribution >= 4 is 16.7 Å². The summed E-state index contributed by atoms with van der Waals surface area (Å²) >= 11 is 0. The quantitative estimate of drug-likeness (QED) is 0.803. The second kappa shape index (κ2) is 6.18. The fourth-order valence-electron chi connectivity index (χ4n) is 1.80. The van der Waals surface area contributed by atoms with Gasteiger partial charge in [0.1, 0.15) is 11.3 Å². The van der Waals surface area contributed by atoms with Crippen LogP contribution in [-0.2, 0) is 7.05 Å². The van der Waals surface area contributed by atoms with E-state index < -0.39 is 11.3 Å². The molecule has 0 unspecified atom stereocenters. The van der Waals surface area contributed by atoms with Crippen molar-refractivity contribution in [1.29, 1.82) is 0 Å². The first-order chi connectivity index (χ1) is 8.95. The number of fused-ring (bicyclic) bond motifs is 1. The first-order valence-corrected chi connectivity index (χ1v) is 6.27. The molecule has 0 amide bonds. The van der Waals surface area contributed by atoms with Crippen LogP contribution in [0.25, 0.3) is 10.9 Å². The van der Waals surface area contributed by atoms with E-state index in [4.69, 9.17) is 0 Å². The molecule has 1 heterocycles. The molecule has 1 aromatic carbocycles.